The van der Waals surface area contributed by atoms with E-state index in [4.69, 9.17) is 0 Å². The Morgan fingerprint density at radius 3 is 2.38 bits per heavy atom. The van der Waals surface area contributed by atoms with Gasteiger partial charge in [0.1, 0.15) is 11.6 Å². The minimum absolute atomic E-state index is 0.284. The molecule has 10 nitrogen and oxygen atoms in total. The number of nitrogens with zero attached hydrogens (tertiary/aromatic N) is 10. The van der Waals surface area contributed by atoms with E-state index in [0.717, 1.165) is 41.4 Å². The quantitative estimate of drug-likeness (QED) is 0.264. The molecular weight excluding hydrogens is 538 g/mol. The Labute approximate surface area is 239 Å². The van der Waals surface area contributed by atoms with Gasteiger partial charge in [-0.2, -0.15) is 5.10 Å². The first-order chi connectivity index (χ1) is 20.6. The summed E-state index contributed by atoms with van der Waals surface area (Å²) < 4.78 is 31.1. The summed E-state index contributed by atoms with van der Waals surface area (Å²) in [5.74, 6) is -0.775. The lowest BCUT2D eigenvalue weighted by molar-refractivity contribution is 0.316. The zero-order chi connectivity index (χ0) is 28.5. The molecule has 0 radical (unpaired) electrons. The van der Waals surface area contributed by atoms with Gasteiger partial charge in [0.15, 0.2) is 11.5 Å². The number of hydrogen-bond donors (Lipinski definition) is 0. The Morgan fingerprint density at radius 1 is 0.762 bits per heavy atom. The Bertz CT molecular complexity index is 1840. The molecule has 0 amide bonds. The smallest absolute Gasteiger partial charge is 0.221 e. The first-order valence-electron chi connectivity index (χ1n) is 13.8. The summed E-state index contributed by atoms with van der Waals surface area (Å²) in [6, 6.07) is 11.1. The van der Waals surface area contributed by atoms with Crippen molar-refractivity contribution in [1.82, 2.24) is 49.6 Å². The SMILES string of the molecule is Fc1cc(F)cc(-c2cnc3nnn(Cc4cccc(-c5ncc(-c6cnn(CCN7CCCC7)c6)cn5)c4)c3n2)c1. The average molecular weight is 565 g/mol. The fourth-order valence-corrected chi connectivity index (χ4v) is 5.20. The second kappa shape index (κ2) is 11.1. The molecule has 210 valence electrons. The number of halogens is 2. The Hall–Kier alpha value is -4.97. The molecule has 6 aromatic rings. The molecule has 0 spiro atoms. The van der Waals surface area contributed by atoms with Crippen LogP contribution in [0, 0.1) is 11.6 Å². The molecule has 0 unspecified atom stereocenters. The van der Waals surface area contributed by atoms with Crippen molar-refractivity contribution in [3.63, 3.8) is 0 Å². The monoisotopic (exact) mass is 564 g/mol. The van der Waals surface area contributed by atoms with E-state index in [9.17, 15) is 8.78 Å². The molecule has 5 heterocycles. The van der Waals surface area contributed by atoms with Gasteiger partial charge in [0.25, 0.3) is 0 Å². The molecule has 0 N–H and O–H groups in total. The molecule has 12 heteroatoms. The molecule has 0 bridgehead atoms. The molecule has 0 aliphatic carbocycles. The second-order valence-electron chi connectivity index (χ2n) is 10.3. The minimum atomic E-state index is -0.686. The van der Waals surface area contributed by atoms with Gasteiger partial charge in [-0.15, -0.1) is 5.10 Å². The predicted molar refractivity (Wildman–Crippen MR) is 152 cm³/mol. The molecule has 0 saturated carbocycles. The van der Waals surface area contributed by atoms with Crippen LogP contribution in [-0.2, 0) is 13.1 Å². The summed E-state index contributed by atoms with van der Waals surface area (Å²) in [5, 5.41) is 12.8. The molecule has 1 saturated heterocycles. The third kappa shape index (κ3) is 5.48. The van der Waals surface area contributed by atoms with E-state index in [1.807, 2.05) is 53.7 Å². The number of hydrogen-bond acceptors (Lipinski definition) is 8. The number of fused-ring (bicyclic) bond motifs is 1. The van der Waals surface area contributed by atoms with Gasteiger partial charge in [-0.05, 0) is 49.7 Å². The highest BCUT2D eigenvalue weighted by Crippen LogP contribution is 2.23. The lowest BCUT2D eigenvalue weighted by Crippen LogP contribution is -2.24. The van der Waals surface area contributed by atoms with Crippen LogP contribution in [0.5, 0.6) is 0 Å². The third-order valence-electron chi connectivity index (χ3n) is 7.37. The zero-order valence-electron chi connectivity index (χ0n) is 22.6. The van der Waals surface area contributed by atoms with Crippen molar-refractivity contribution in [2.24, 2.45) is 0 Å². The van der Waals surface area contributed by atoms with Gasteiger partial charge in [0.2, 0.25) is 5.65 Å². The highest BCUT2D eigenvalue weighted by molar-refractivity contribution is 5.70. The van der Waals surface area contributed by atoms with Gasteiger partial charge in [0.05, 0.1) is 31.2 Å². The van der Waals surface area contributed by atoms with Crippen molar-refractivity contribution < 1.29 is 8.78 Å². The Kier molecular flexibility index (Phi) is 6.88. The maximum absolute atomic E-state index is 13.8. The first kappa shape index (κ1) is 26.0. The van der Waals surface area contributed by atoms with Crippen molar-refractivity contribution in [3.8, 4) is 33.8 Å². The van der Waals surface area contributed by atoms with Gasteiger partial charge < -0.3 is 4.90 Å². The van der Waals surface area contributed by atoms with Crippen molar-refractivity contribution >= 4 is 11.3 Å². The fourth-order valence-electron chi connectivity index (χ4n) is 5.20. The van der Waals surface area contributed by atoms with Crippen LogP contribution >= 0.6 is 0 Å². The number of likely N-dealkylation sites (tertiary alicyclic amines) is 1. The second-order valence-corrected chi connectivity index (χ2v) is 10.3. The molecular formula is C30H26F2N10. The van der Waals surface area contributed by atoms with E-state index in [0.29, 0.717) is 29.4 Å². The normalized spacial score (nSPS) is 13.8. The van der Waals surface area contributed by atoms with Gasteiger partial charge in [-0.1, -0.05) is 23.4 Å². The van der Waals surface area contributed by atoms with Crippen LogP contribution < -0.4 is 0 Å². The molecule has 0 atom stereocenters. The summed E-state index contributed by atoms with van der Waals surface area (Å²) in [7, 11) is 0. The van der Waals surface area contributed by atoms with Crippen molar-refractivity contribution in [2.75, 3.05) is 19.6 Å². The van der Waals surface area contributed by atoms with E-state index in [1.54, 1.807) is 4.68 Å². The van der Waals surface area contributed by atoms with Gasteiger partial charge >= 0.3 is 0 Å². The maximum atomic E-state index is 13.8. The van der Waals surface area contributed by atoms with Crippen LogP contribution in [0.15, 0.2) is 73.4 Å². The van der Waals surface area contributed by atoms with Crippen LogP contribution in [0.25, 0.3) is 45.1 Å². The van der Waals surface area contributed by atoms with E-state index in [1.165, 1.54) is 44.3 Å². The van der Waals surface area contributed by atoms with Gasteiger partial charge in [-0.25, -0.2) is 33.4 Å². The van der Waals surface area contributed by atoms with Gasteiger partial charge in [0, 0.05) is 53.5 Å². The zero-order valence-corrected chi connectivity index (χ0v) is 22.6. The summed E-state index contributed by atoms with van der Waals surface area (Å²) in [6.45, 7) is 4.58. The Balaban J connectivity index is 1.08. The molecule has 1 aliphatic heterocycles. The largest absolute Gasteiger partial charge is 0.301 e. The summed E-state index contributed by atoms with van der Waals surface area (Å²) in [5.41, 5.74) is 5.02. The van der Waals surface area contributed by atoms with Gasteiger partial charge in [-0.3, -0.25) is 4.68 Å². The lowest BCUT2D eigenvalue weighted by atomic mass is 10.1. The number of rotatable bonds is 8. The summed E-state index contributed by atoms with van der Waals surface area (Å²) >= 11 is 0. The van der Waals surface area contributed by atoms with E-state index in [-0.39, 0.29) is 5.56 Å². The van der Waals surface area contributed by atoms with Crippen LogP contribution in [0.4, 0.5) is 8.78 Å². The van der Waals surface area contributed by atoms with Crippen molar-refractivity contribution in [2.45, 2.75) is 25.9 Å². The van der Waals surface area contributed by atoms with Crippen molar-refractivity contribution in [1.29, 1.82) is 0 Å². The predicted octanol–water partition coefficient (Wildman–Crippen LogP) is 4.63. The fraction of sp³-hybridized carbons (Fsp3) is 0.233. The highest BCUT2D eigenvalue weighted by Gasteiger charge is 2.14. The van der Waals surface area contributed by atoms with Crippen LogP contribution in [0.3, 0.4) is 0 Å². The maximum Gasteiger partial charge on any atom is 0.221 e. The number of aromatic nitrogens is 9. The minimum Gasteiger partial charge on any atom is -0.301 e. The average Bonchev–Trinajstić information content (AvgIpc) is 3.78. The molecule has 1 fully saturated rings. The molecule has 1 aliphatic rings. The molecule has 7 rings (SSSR count). The number of benzene rings is 2. The Morgan fingerprint density at radius 2 is 1.57 bits per heavy atom. The summed E-state index contributed by atoms with van der Waals surface area (Å²) in [4.78, 5) is 20.5. The van der Waals surface area contributed by atoms with Crippen LogP contribution in [0.2, 0.25) is 0 Å². The summed E-state index contributed by atoms with van der Waals surface area (Å²) in [6.07, 6.45) is 11.5. The molecule has 42 heavy (non-hydrogen) atoms. The van der Waals surface area contributed by atoms with Crippen LogP contribution in [0.1, 0.15) is 18.4 Å². The third-order valence-corrected chi connectivity index (χ3v) is 7.37. The van der Waals surface area contributed by atoms with Crippen molar-refractivity contribution in [3.05, 3.63) is 90.6 Å². The van der Waals surface area contributed by atoms with E-state index >= 15 is 0 Å². The standard InChI is InChI=1S/C30H26F2N10/c31-25-11-22(12-26(32)13-25)27-17-35-29-30(37-27)42(39-38-29)18-20-4-3-5-21(10-20)28-33-14-23(15-34-28)24-16-36-41(19-24)9-8-40-6-1-2-7-40/h3-5,10-17,19H,1-2,6-9,18H2. The molecule has 4 aromatic heterocycles. The highest BCUT2D eigenvalue weighted by atomic mass is 19.1. The topological polar surface area (TPSA) is 103 Å². The molecule has 2 aromatic carbocycles. The van der Waals surface area contributed by atoms with Crippen LogP contribution in [-0.4, -0.2) is 69.2 Å². The van der Waals surface area contributed by atoms with E-state index < -0.39 is 11.6 Å². The first-order valence-corrected chi connectivity index (χ1v) is 13.8. The van der Waals surface area contributed by atoms with E-state index in [2.05, 4.69) is 40.2 Å². The lowest BCUT2D eigenvalue weighted by Gasteiger charge is -2.13.